The zero-order chi connectivity index (χ0) is 10.1. The van der Waals surface area contributed by atoms with Crippen molar-refractivity contribution in [2.75, 3.05) is 0 Å². The molecular weight excluding hydrogens is 172 g/mol. The van der Waals surface area contributed by atoms with Crippen molar-refractivity contribution < 1.29 is 0 Å². The average molecular weight is 186 g/mol. The Kier molecular flexibility index (Phi) is 2.14. The van der Waals surface area contributed by atoms with E-state index in [2.05, 4.69) is 29.3 Å². The number of nitrogens with zero attached hydrogens (tertiary/aromatic N) is 1. The molecule has 1 unspecified atom stereocenters. The number of aryl methyl sites for hydroxylation is 1. The number of rotatable bonds is 2. The molecule has 0 aliphatic carbocycles. The van der Waals surface area contributed by atoms with E-state index in [9.17, 15) is 0 Å². The number of fused-ring (bicyclic) bond motifs is 1. The molecule has 2 N–H and O–H groups in total. The maximum atomic E-state index is 5.92. The third-order valence-electron chi connectivity index (χ3n) is 2.58. The maximum absolute atomic E-state index is 5.92. The predicted octanol–water partition coefficient (Wildman–Crippen LogP) is 2.36. The van der Waals surface area contributed by atoms with Gasteiger partial charge in [0.1, 0.15) is 0 Å². The highest BCUT2D eigenvalue weighted by Gasteiger charge is 2.08. The van der Waals surface area contributed by atoms with Gasteiger partial charge >= 0.3 is 0 Å². The van der Waals surface area contributed by atoms with E-state index < -0.39 is 0 Å². The lowest BCUT2D eigenvalue weighted by molar-refractivity contribution is 0.782. The number of para-hydroxylation sites is 1. The van der Waals surface area contributed by atoms with Crippen LogP contribution >= 0.6 is 0 Å². The van der Waals surface area contributed by atoms with Gasteiger partial charge in [-0.05, 0) is 17.5 Å². The van der Waals surface area contributed by atoms with Crippen LogP contribution in [0.25, 0.3) is 10.9 Å². The first-order chi connectivity index (χ1) is 6.74. The van der Waals surface area contributed by atoms with Gasteiger partial charge in [-0.15, -0.1) is 6.58 Å². The smallest absolute Gasteiger partial charge is 0.0633 e. The number of hydrogen-bond donors (Lipinski definition) is 1. The third-order valence-corrected chi connectivity index (χ3v) is 2.58. The summed E-state index contributed by atoms with van der Waals surface area (Å²) < 4.78 is 2.11. The fraction of sp³-hybridized carbons (Fsp3) is 0.167. The van der Waals surface area contributed by atoms with Crippen molar-refractivity contribution >= 4 is 10.9 Å². The van der Waals surface area contributed by atoms with Crippen molar-refractivity contribution in [3.05, 3.63) is 48.7 Å². The molecule has 1 aromatic carbocycles. The molecule has 14 heavy (non-hydrogen) atoms. The van der Waals surface area contributed by atoms with Crippen LogP contribution in [0, 0.1) is 0 Å². The topological polar surface area (TPSA) is 30.9 Å². The lowest BCUT2D eigenvalue weighted by Gasteiger charge is -2.07. The minimum Gasteiger partial charge on any atom is -0.346 e. The van der Waals surface area contributed by atoms with E-state index in [0.717, 1.165) is 5.69 Å². The predicted molar refractivity (Wildman–Crippen MR) is 60.0 cm³/mol. The Hall–Kier alpha value is -1.54. The normalized spacial score (nSPS) is 13.0. The molecule has 0 aliphatic heterocycles. The van der Waals surface area contributed by atoms with Crippen molar-refractivity contribution in [2.45, 2.75) is 6.04 Å². The average Bonchev–Trinajstić information content (AvgIpc) is 2.56. The number of aromatic nitrogens is 1. The monoisotopic (exact) mass is 186 g/mol. The zero-order valence-electron chi connectivity index (χ0n) is 8.27. The van der Waals surface area contributed by atoms with Crippen LogP contribution in [0.1, 0.15) is 11.7 Å². The van der Waals surface area contributed by atoms with E-state index >= 15 is 0 Å². The van der Waals surface area contributed by atoms with E-state index in [4.69, 9.17) is 5.73 Å². The quantitative estimate of drug-likeness (QED) is 0.717. The Labute approximate surface area is 83.6 Å². The van der Waals surface area contributed by atoms with Gasteiger partial charge < -0.3 is 10.3 Å². The number of nitrogens with two attached hydrogens (primary N) is 1. The van der Waals surface area contributed by atoms with Crippen LogP contribution < -0.4 is 5.73 Å². The molecule has 2 heteroatoms. The van der Waals surface area contributed by atoms with Crippen molar-refractivity contribution in [2.24, 2.45) is 12.8 Å². The summed E-state index contributed by atoms with van der Waals surface area (Å²) in [5, 5.41) is 1.22. The maximum Gasteiger partial charge on any atom is 0.0633 e. The minimum absolute atomic E-state index is 0.0904. The Bertz CT molecular complexity index is 468. The first-order valence-corrected chi connectivity index (χ1v) is 4.66. The molecule has 1 aromatic heterocycles. The molecule has 0 fully saturated rings. The van der Waals surface area contributed by atoms with Gasteiger partial charge in [-0.3, -0.25) is 0 Å². The van der Waals surface area contributed by atoms with Crippen molar-refractivity contribution in [3.8, 4) is 0 Å². The van der Waals surface area contributed by atoms with Crippen molar-refractivity contribution in [1.82, 2.24) is 4.57 Å². The summed E-state index contributed by atoms with van der Waals surface area (Å²) in [6, 6.07) is 10.3. The van der Waals surface area contributed by atoms with Gasteiger partial charge in [-0.2, -0.15) is 0 Å². The summed E-state index contributed by atoms with van der Waals surface area (Å²) in [5.74, 6) is 0. The van der Waals surface area contributed by atoms with Gasteiger partial charge in [-0.1, -0.05) is 24.3 Å². The SMILES string of the molecule is C=CC(N)c1cc2ccccc2n1C. The lowest BCUT2D eigenvalue weighted by atomic mass is 10.2. The molecule has 0 bridgehead atoms. The molecule has 1 atom stereocenters. The van der Waals surface area contributed by atoms with Crippen LogP contribution in [0.15, 0.2) is 43.0 Å². The second-order valence-corrected chi connectivity index (χ2v) is 3.45. The highest BCUT2D eigenvalue weighted by molar-refractivity contribution is 5.81. The van der Waals surface area contributed by atoms with E-state index in [1.54, 1.807) is 6.08 Å². The van der Waals surface area contributed by atoms with Crippen LogP contribution in [0.2, 0.25) is 0 Å². The molecule has 2 rings (SSSR count). The fourth-order valence-corrected chi connectivity index (χ4v) is 1.75. The Balaban J connectivity index is 2.68. The summed E-state index contributed by atoms with van der Waals surface area (Å²) in [4.78, 5) is 0. The first-order valence-electron chi connectivity index (χ1n) is 4.66. The molecule has 0 aliphatic rings. The molecule has 2 nitrogen and oxygen atoms in total. The standard InChI is InChI=1S/C12H14N2/c1-3-10(13)12-8-9-6-4-5-7-11(9)14(12)2/h3-8,10H,1,13H2,2H3. The fourth-order valence-electron chi connectivity index (χ4n) is 1.75. The molecule has 0 spiro atoms. The van der Waals surface area contributed by atoms with Crippen LogP contribution in [-0.2, 0) is 7.05 Å². The van der Waals surface area contributed by atoms with Crippen molar-refractivity contribution in [3.63, 3.8) is 0 Å². The highest BCUT2D eigenvalue weighted by Crippen LogP contribution is 2.22. The van der Waals surface area contributed by atoms with E-state index in [1.807, 2.05) is 19.2 Å². The molecule has 0 saturated carbocycles. The van der Waals surface area contributed by atoms with Gasteiger partial charge in [0.05, 0.1) is 6.04 Å². The molecule has 0 amide bonds. The number of hydrogen-bond acceptors (Lipinski definition) is 1. The van der Waals surface area contributed by atoms with E-state index in [0.29, 0.717) is 0 Å². The Morgan fingerprint density at radius 3 is 2.79 bits per heavy atom. The van der Waals surface area contributed by atoms with Crippen LogP contribution in [0.3, 0.4) is 0 Å². The number of benzene rings is 1. The summed E-state index contributed by atoms with van der Waals surface area (Å²) in [7, 11) is 2.03. The third kappa shape index (κ3) is 1.24. The van der Waals surface area contributed by atoms with Crippen LogP contribution in [-0.4, -0.2) is 4.57 Å². The van der Waals surface area contributed by atoms with E-state index in [-0.39, 0.29) is 6.04 Å². The van der Waals surface area contributed by atoms with Gasteiger partial charge in [0.2, 0.25) is 0 Å². The van der Waals surface area contributed by atoms with Gasteiger partial charge in [0.15, 0.2) is 0 Å². The van der Waals surface area contributed by atoms with Gasteiger partial charge in [0.25, 0.3) is 0 Å². The summed E-state index contributed by atoms with van der Waals surface area (Å²) in [6.07, 6.45) is 1.76. The van der Waals surface area contributed by atoms with Crippen LogP contribution in [0.4, 0.5) is 0 Å². The molecule has 72 valence electrons. The second-order valence-electron chi connectivity index (χ2n) is 3.45. The highest BCUT2D eigenvalue weighted by atomic mass is 15.0. The molecular formula is C12H14N2. The summed E-state index contributed by atoms with van der Waals surface area (Å²) >= 11 is 0. The molecule has 0 saturated heterocycles. The zero-order valence-corrected chi connectivity index (χ0v) is 8.27. The lowest BCUT2D eigenvalue weighted by Crippen LogP contribution is -2.10. The van der Waals surface area contributed by atoms with Crippen molar-refractivity contribution in [1.29, 1.82) is 0 Å². The molecule has 0 radical (unpaired) electrons. The van der Waals surface area contributed by atoms with E-state index in [1.165, 1.54) is 10.9 Å². The summed E-state index contributed by atoms with van der Waals surface area (Å²) in [5.41, 5.74) is 8.23. The Morgan fingerprint density at radius 2 is 2.14 bits per heavy atom. The molecule has 1 heterocycles. The van der Waals surface area contributed by atoms with Crippen LogP contribution in [0.5, 0.6) is 0 Å². The first kappa shape index (κ1) is 9.03. The largest absolute Gasteiger partial charge is 0.346 e. The molecule has 2 aromatic rings. The minimum atomic E-state index is -0.0904. The van der Waals surface area contributed by atoms with Gasteiger partial charge in [0, 0.05) is 18.3 Å². The second kappa shape index (κ2) is 3.31. The Morgan fingerprint density at radius 1 is 1.43 bits per heavy atom. The summed E-state index contributed by atoms with van der Waals surface area (Å²) in [6.45, 7) is 3.71. The van der Waals surface area contributed by atoms with Gasteiger partial charge in [-0.25, -0.2) is 0 Å².